The fourth-order valence-electron chi connectivity index (χ4n) is 7.13. The van der Waals surface area contributed by atoms with E-state index in [1.165, 1.54) is 87.5 Å². The molecule has 0 aliphatic heterocycles. The Bertz CT molecular complexity index is 2450. The molecule has 0 bridgehead atoms. The van der Waals surface area contributed by atoms with Crippen molar-refractivity contribution in [2.24, 2.45) is 0 Å². The summed E-state index contributed by atoms with van der Waals surface area (Å²) in [6.45, 7) is 0. The van der Waals surface area contributed by atoms with Gasteiger partial charge in [-0.1, -0.05) is 146 Å². The fraction of sp³-hybridized carbons (Fsp3) is 0. The van der Waals surface area contributed by atoms with E-state index in [1.807, 2.05) is 0 Å². The molecule has 0 spiro atoms. The molecule has 0 fully saturated rings. The average molecular weight is 546 g/mol. The number of H-pyrrole nitrogens is 1. The van der Waals surface area contributed by atoms with Crippen molar-refractivity contribution >= 4 is 54.1 Å². The molecule has 0 saturated heterocycles. The van der Waals surface area contributed by atoms with Crippen LogP contribution in [0.25, 0.3) is 87.5 Å². The maximum absolute atomic E-state index is 3.76. The number of fused-ring (bicyclic) bond motifs is 6. The fourth-order valence-corrected chi connectivity index (χ4v) is 7.13. The molecule has 0 aliphatic carbocycles. The highest BCUT2D eigenvalue weighted by molar-refractivity contribution is 6.24. The molecule has 9 aromatic rings. The summed E-state index contributed by atoms with van der Waals surface area (Å²) in [6.07, 6.45) is 0. The van der Waals surface area contributed by atoms with Crippen molar-refractivity contribution in [1.82, 2.24) is 4.98 Å². The molecule has 0 aliphatic rings. The number of hydrogen-bond donors (Lipinski definition) is 1. The van der Waals surface area contributed by atoms with E-state index in [2.05, 4.69) is 163 Å². The lowest BCUT2D eigenvalue weighted by molar-refractivity contribution is 1.54. The van der Waals surface area contributed by atoms with Crippen LogP contribution in [0, 0.1) is 0 Å². The van der Waals surface area contributed by atoms with Gasteiger partial charge in [0.15, 0.2) is 0 Å². The number of benzene rings is 8. The van der Waals surface area contributed by atoms with E-state index >= 15 is 0 Å². The van der Waals surface area contributed by atoms with Crippen LogP contribution in [0.4, 0.5) is 0 Å². The summed E-state index contributed by atoms with van der Waals surface area (Å²) in [5, 5.41) is 10.1. The van der Waals surface area contributed by atoms with Gasteiger partial charge in [-0.2, -0.15) is 0 Å². The van der Waals surface area contributed by atoms with Crippen molar-refractivity contribution in [1.29, 1.82) is 0 Å². The minimum Gasteiger partial charge on any atom is -0.354 e. The molecule has 1 nitrogen and oxygen atoms in total. The minimum atomic E-state index is 1.17. The van der Waals surface area contributed by atoms with Gasteiger partial charge in [0, 0.05) is 21.9 Å². The Hall–Kier alpha value is -5.66. The van der Waals surface area contributed by atoms with Crippen molar-refractivity contribution in [2.45, 2.75) is 0 Å². The molecule has 1 aromatic heterocycles. The van der Waals surface area contributed by atoms with Gasteiger partial charge in [-0.3, -0.25) is 0 Å². The summed E-state index contributed by atoms with van der Waals surface area (Å²) in [5.74, 6) is 0. The minimum absolute atomic E-state index is 1.17. The van der Waals surface area contributed by atoms with Gasteiger partial charge in [-0.05, 0) is 72.3 Å². The van der Waals surface area contributed by atoms with Crippen LogP contribution in [0.1, 0.15) is 0 Å². The van der Waals surface area contributed by atoms with Gasteiger partial charge in [-0.25, -0.2) is 0 Å². The van der Waals surface area contributed by atoms with E-state index in [4.69, 9.17) is 0 Å². The first-order valence-corrected chi connectivity index (χ1v) is 14.9. The zero-order chi connectivity index (χ0) is 28.3. The quantitative estimate of drug-likeness (QED) is 0.213. The predicted molar refractivity (Wildman–Crippen MR) is 185 cm³/mol. The van der Waals surface area contributed by atoms with Crippen LogP contribution >= 0.6 is 0 Å². The lowest BCUT2D eigenvalue weighted by Gasteiger charge is -2.18. The monoisotopic (exact) mass is 545 g/mol. The van der Waals surface area contributed by atoms with E-state index < -0.39 is 0 Å². The van der Waals surface area contributed by atoms with Crippen LogP contribution in [-0.2, 0) is 0 Å². The molecular weight excluding hydrogens is 518 g/mol. The highest BCUT2D eigenvalue weighted by atomic mass is 14.7. The molecule has 0 atom stereocenters. The normalized spacial score (nSPS) is 11.7. The lowest BCUT2D eigenvalue weighted by Crippen LogP contribution is -1.92. The van der Waals surface area contributed by atoms with E-state index in [0.29, 0.717) is 0 Å². The molecule has 8 aromatic carbocycles. The first-order valence-electron chi connectivity index (χ1n) is 14.9. The van der Waals surface area contributed by atoms with E-state index in [1.54, 1.807) is 0 Å². The molecule has 0 unspecified atom stereocenters. The summed E-state index contributed by atoms with van der Waals surface area (Å²) < 4.78 is 0. The van der Waals surface area contributed by atoms with Crippen molar-refractivity contribution in [3.8, 4) is 33.4 Å². The molecule has 43 heavy (non-hydrogen) atoms. The number of aromatic amines is 1. The van der Waals surface area contributed by atoms with Crippen molar-refractivity contribution in [3.05, 3.63) is 158 Å². The van der Waals surface area contributed by atoms with Gasteiger partial charge < -0.3 is 4.98 Å². The van der Waals surface area contributed by atoms with Gasteiger partial charge in [0.2, 0.25) is 0 Å². The zero-order valence-corrected chi connectivity index (χ0v) is 23.5. The highest BCUT2D eigenvalue weighted by Crippen LogP contribution is 2.46. The number of para-hydroxylation sites is 2. The van der Waals surface area contributed by atoms with Gasteiger partial charge in [0.1, 0.15) is 0 Å². The number of nitrogens with one attached hydrogen (secondary N) is 1. The summed E-state index contributed by atoms with van der Waals surface area (Å²) in [7, 11) is 0. The third-order valence-corrected chi connectivity index (χ3v) is 8.99. The van der Waals surface area contributed by atoms with Gasteiger partial charge in [-0.15, -0.1) is 0 Å². The van der Waals surface area contributed by atoms with Crippen LogP contribution in [0.15, 0.2) is 158 Å². The van der Waals surface area contributed by atoms with Crippen molar-refractivity contribution < 1.29 is 0 Å². The zero-order valence-electron chi connectivity index (χ0n) is 23.5. The largest absolute Gasteiger partial charge is 0.354 e. The number of aromatic nitrogens is 1. The Balaban J connectivity index is 1.35. The number of hydrogen-bond acceptors (Lipinski definition) is 0. The first kappa shape index (κ1) is 24.0. The standard InChI is InChI=1S/C42H27N/c1-2-16-30-27(12-1)13-10-22-31(30)28-14-9-15-29(26-28)40-33-18-3-5-20-35(33)41(36-21-6-4-19-34(36)40)38-24-11-23-37-32-17-7-8-25-39(32)43-42(37)38/h1-26,43H. The molecule has 1 heterocycles. The maximum atomic E-state index is 3.76. The molecular formula is C42H27N. The predicted octanol–water partition coefficient (Wildman–Crippen LogP) is 11.8. The number of rotatable bonds is 3. The Labute approximate surface area is 249 Å². The van der Waals surface area contributed by atoms with E-state index in [9.17, 15) is 0 Å². The summed E-state index contributed by atoms with van der Waals surface area (Å²) >= 11 is 0. The van der Waals surface area contributed by atoms with Gasteiger partial charge in [0.05, 0.1) is 5.52 Å². The smallest absolute Gasteiger partial charge is 0.0544 e. The first-order chi connectivity index (χ1) is 21.3. The molecule has 9 rings (SSSR count). The second-order valence-corrected chi connectivity index (χ2v) is 11.3. The third-order valence-electron chi connectivity index (χ3n) is 8.99. The van der Waals surface area contributed by atoms with Crippen LogP contribution in [-0.4, -0.2) is 4.98 Å². The molecule has 0 radical (unpaired) electrons. The molecule has 0 amide bonds. The SMILES string of the molecule is c1cc(-c2cccc3ccccc23)cc(-c2c3ccccc3c(-c3cccc4c3[nH]c3ccccc34)c3ccccc23)c1. The van der Waals surface area contributed by atoms with E-state index in [0.717, 1.165) is 0 Å². The Morgan fingerprint density at radius 3 is 1.60 bits per heavy atom. The van der Waals surface area contributed by atoms with Gasteiger partial charge >= 0.3 is 0 Å². The molecule has 1 N–H and O–H groups in total. The van der Waals surface area contributed by atoms with Gasteiger partial charge in [0.25, 0.3) is 0 Å². The average Bonchev–Trinajstić information content (AvgIpc) is 3.46. The highest BCUT2D eigenvalue weighted by Gasteiger charge is 2.19. The third kappa shape index (κ3) is 3.65. The van der Waals surface area contributed by atoms with E-state index in [-0.39, 0.29) is 0 Å². The van der Waals surface area contributed by atoms with Crippen LogP contribution < -0.4 is 0 Å². The van der Waals surface area contributed by atoms with Crippen LogP contribution in [0.2, 0.25) is 0 Å². The van der Waals surface area contributed by atoms with Crippen molar-refractivity contribution in [2.75, 3.05) is 0 Å². The van der Waals surface area contributed by atoms with Crippen molar-refractivity contribution in [3.63, 3.8) is 0 Å². The Morgan fingerprint density at radius 2 is 0.837 bits per heavy atom. The Morgan fingerprint density at radius 1 is 0.326 bits per heavy atom. The van der Waals surface area contributed by atoms with Crippen LogP contribution in [0.3, 0.4) is 0 Å². The molecule has 1 heteroatoms. The molecule has 200 valence electrons. The Kier molecular flexibility index (Phi) is 5.27. The lowest BCUT2D eigenvalue weighted by atomic mass is 9.85. The summed E-state index contributed by atoms with van der Waals surface area (Å²) in [4.78, 5) is 3.76. The second-order valence-electron chi connectivity index (χ2n) is 11.3. The molecule has 0 saturated carbocycles. The second kappa shape index (κ2) is 9.44. The van der Waals surface area contributed by atoms with Crippen LogP contribution in [0.5, 0.6) is 0 Å². The maximum Gasteiger partial charge on any atom is 0.0544 e. The summed E-state index contributed by atoms with van der Waals surface area (Å²) in [5.41, 5.74) is 9.86. The topological polar surface area (TPSA) is 15.8 Å². The summed E-state index contributed by atoms with van der Waals surface area (Å²) in [6, 6.07) is 57.4.